The van der Waals surface area contributed by atoms with Crippen LogP contribution in [0.1, 0.15) is 59.1 Å². The number of sulfonamides is 1. The lowest BCUT2D eigenvalue weighted by molar-refractivity contribution is -0.136. The monoisotopic (exact) mass is 530 g/mol. The topological polar surface area (TPSA) is 129 Å². The summed E-state index contributed by atoms with van der Waals surface area (Å²) in [7, 11) is -3.54. The first-order valence-corrected chi connectivity index (χ1v) is 13.9. The molecule has 0 bridgehead atoms. The molecule has 9 nitrogen and oxygen atoms in total. The van der Waals surface area contributed by atoms with E-state index in [1.165, 1.54) is 0 Å². The first-order valence-electron chi connectivity index (χ1n) is 11.6. The van der Waals surface area contributed by atoms with Gasteiger partial charge in [-0.1, -0.05) is 54.8 Å². The van der Waals surface area contributed by atoms with Crippen LogP contribution in [-0.4, -0.2) is 50.1 Å². The summed E-state index contributed by atoms with van der Waals surface area (Å²) < 4.78 is 27.1. The Morgan fingerprint density at radius 3 is 2.56 bits per heavy atom. The van der Waals surface area contributed by atoms with E-state index in [1.54, 1.807) is 53.4 Å². The fourth-order valence-corrected chi connectivity index (χ4v) is 6.22. The summed E-state index contributed by atoms with van der Waals surface area (Å²) in [5.74, 6) is -1.67. The molecule has 36 heavy (non-hydrogen) atoms. The van der Waals surface area contributed by atoms with E-state index in [-0.39, 0.29) is 12.5 Å². The van der Waals surface area contributed by atoms with Crippen molar-refractivity contribution in [1.82, 2.24) is 15.1 Å². The van der Waals surface area contributed by atoms with Crippen LogP contribution < -0.4 is 10.2 Å². The van der Waals surface area contributed by atoms with E-state index in [2.05, 4.69) is 10.2 Å². The minimum absolute atomic E-state index is 0.278. The average Bonchev–Trinajstić information content (AvgIpc) is 2.84. The van der Waals surface area contributed by atoms with Crippen molar-refractivity contribution in [1.29, 1.82) is 5.26 Å². The van der Waals surface area contributed by atoms with Crippen LogP contribution >= 0.6 is 11.6 Å². The highest BCUT2D eigenvalue weighted by Gasteiger charge is 2.48. The summed E-state index contributed by atoms with van der Waals surface area (Å²) in [4.78, 5) is 34.2. The van der Waals surface area contributed by atoms with Gasteiger partial charge in [0, 0.05) is 22.7 Å². The van der Waals surface area contributed by atoms with E-state index >= 15 is 0 Å². The number of nitrogens with one attached hydrogen (secondary N) is 2. The smallest absolute Gasteiger partial charge is 0.255 e. The molecule has 0 saturated heterocycles. The first kappa shape index (κ1) is 26.1. The van der Waals surface area contributed by atoms with E-state index < -0.39 is 40.0 Å². The van der Waals surface area contributed by atoms with Gasteiger partial charge in [-0.2, -0.15) is 5.26 Å². The number of nitrogens with zero attached hydrogens (tertiary/aromatic N) is 2. The molecule has 1 aliphatic heterocycles. The predicted molar refractivity (Wildman–Crippen MR) is 133 cm³/mol. The molecule has 0 spiro atoms. The second-order valence-electron chi connectivity index (χ2n) is 9.04. The second kappa shape index (κ2) is 11.0. The van der Waals surface area contributed by atoms with Gasteiger partial charge in [-0.15, -0.1) is 0 Å². The standard InChI is InChI=1S/C25H27ClN4O5S/c1-36(33,34)29-20-8-4-5-9-21(20)30-23(16-10-12-17(26)13-11-16)22(24(31)28-35-15-14-27)18-6-2-3-7-19(18)25(30)32/h2-3,6-7,10-13,20-23,29H,4-5,8-9,15H2,1H3,(H,28,31)/t20-,21?,22+,23-/m0/s1. The first-order chi connectivity index (χ1) is 17.2. The maximum absolute atomic E-state index is 14.0. The number of rotatable bonds is 7. The Bertz CT molecular complexity index is 1280. The molecule has 1 aliphatic carbocycles. The average molecular weight is 531 g/mol. The summed E-state index contributed by atoms with van der Waals surface area (Å²) in [5, 5.41) is 9.32. The second-order valence-corrected chi connectivity index (χ2v) is 11.3. The van der Waals surface area contributed by atoms with Crippen LogP contribution in [0.3, 0.4) is 0 Å². The molecule has 4 atom stereocenters. The van der Waals surface area contributed by atoms with Crippen molar-refractivity contribution >= 4 is 33.4 Å². The molecular weight excluding hydrogens is 504 g/mol. The number of halogens is 1. The van der Waals surface area contributed by atoms with Crippen LogP contribution in [0.2, 0.25) is 5.02 Å². The van der Waals surface area contributed by atoms with Crippen molar-refractivity contribution in [2.45, 2.75) is 49.7 Å². The highest BCUT2D eigenvalue weighted by molar-refractivity contribution is 7.88. The maximum atomic E-state index is 14.0. The van der Waals surface area contributed by atoms with Gasteiger partial charge >= 0.3 is 0 Å². The molecule has 1 heterocycles. The third kappa shape index (κ3) is 5.55. The van der Waals surface area contributed by atoms with Crippen LogP contribution in [0, 0.1) is 11.3 Å². The van der Waals surface area contributed by atoms with Gasteiger partial charge in [-0.05, 0) is 42.2 Å². The molecule has 4 rings (SSSR count). The number of hydrogen-bond acceptors (Lipinski definition) is 6. The van der Waals surface area contributed by atoms with Gasteiger partial charge in [0.2, 0.25) is 10.0 Å². The Hall–Kier alpha value is -2.97. The molecule has 2 N–H and O–H groups in total. The molecule has 2 amide bonds. The number of hydroxylamine groups is 1. The van der Waals surface area contributed by atoms with Crippen molar-refractivity contribution in [2.75, 3.05) is 12.9 Å². The Labute approximate surface area is 215 Å². The van der Waals surface area contributed by atoms with E-state index in [0.717, 1.165) is 19.1 Å². The minimum Gasteiger partial charge on any atom is -0.326 e. The number of hydrogen-bond donors (Lipinski definition) is 2. The molecule has 2 aliphatic rings. The van der Waals surface area contributed by atoms with Gasteiger partial charge in [0.25, 0.3) is 11.8 Å². The van der Waals surface area contributed by atoms with Gasteiger partial charge in [0.05, 0.1) is 24.3 Å². The van der Waals surface area contributed by atoms with Crippen LogP contribution in [0.5, 0.6) is 0 Å². The maximum Gasteiger partial charge on any atom is 0.255 e. The normalized spacial score (nSPS) is 24.0. The molecule has 1 unspecified atom stereocenters. The quantitative estimate of drug-likeness (QED) is 0.418. The van der Waals surface area contributed by atoms with Crippen molar-refractivity contribution in [2.24, 2.45) is 0 Å². The fourth-order valence-electron chi connectivity index (χ4n) is 5.27. The largest absolute Gasteiger partial charge is 0.326 e. The minimum atomic E-state index is -3.54. The van der Waals surface area contributed by atoms with E-state index in [4.69, 9.17) is 21.7 Å². The Balaban J connectivity index is 1.87. The van der Waals surface area contributed by atoms with Gasteiger partial charge in [0.1, 0.15) is 0 Å². The summed E-state index contributed by atoms with van der Waals surface area (Å²) in [6, 6.07) is 13.8. The molecule has 1 saturated carbocycles. The molecule has 1 fully saturated rings. The molecule has 2 aromatic carbocycles. The molecular formula is C25H27ClN4O5S. The lowest BCUT2D eigenvalue weighted by Crippen LogP contribution is -2.59. The van der Waals surface area contributed by atoms with Gasteiger partial charge < -0.3 is 4.90 Å². The molecule has 0 radical (unpaired) electrons. The van der Waals surface area contributed by atoms with Crippen molar-refractivity contribution in [3.8, 4) is 6.07 Å². The van der Waals surface area contributed by atoms with Crippen molar-refractivity contribution in [3.63, 3.8) is 0 Å². The summed E-state index contributed by atoms with van der Waals surface area (Å²) in [5.41, 5.74) is 3.92. The van der Waals surface area contributed by atoms with Crippen LogP contribution in [0.25, 0.3) is 0 Å². The third-order valence-electron chi connectivity index (χ3n) is 6.63. The van der Waals surface area contributed by atoms with E-state index in [9.17, 15) is 18.0 Å². The lowest BCUT2D eigenvalue weighted by atomic mass is 9.76. The molecule has 190 valence electrons. The number of carbonyl (C=O) groups excluding carboxylic acids is 2. The fraction of sp³-hybridized carbons (Fsp3) is 0.400. The Morgan fingerprint density at radius 2 is 1.86 bits per heavy atom. The predicted octanol–water partition coefficient (Wildman–Crippen LogP) is 3.05. The summed E-state index contributed by atoms with van der Waals surface area (Å²) >= 11 is 6.14. The number of amides is 2. The van der Waals surface area contributed by atoms with Crippen LogP contribution in [0.15, 0.2) is 48.5 Å². The summed E-state index contributed by atoms with van der Waals surface area (Å²) in [6.07, 6.45) is 3.88. The number of nitriles is 1. The number of carbonyl (C=O) groups is 2. The van der Waals surface area contributed by atoms with Crippen LogP contribution in [0.4, 0.5) is 0 Å². The SMILES string of the molecule is CS(=O)(=O)N[C@H]1CCCCC1N1C(=O)c2ccccc2[C@@H](C(=O)NOCC#N)[C@@H]1c1ccc(Cl)cc1. The zero-order valence-corrected chi connectivity index (χ0v) is 21.3. The van der Waals surface area contributed by atoms with Gasteiger partial charge in [-0.3, -0.25) is 14.4 Å². The van der Waals surface area contributed by atoms with E-state index in [0.29, 0.717) is 34.6 Å². The van der Waals surface area contributed by atoms with E-state index in [1.807, 2.05) is 6.07 Å². The highest BCUT2D eigenvalue weighted by atomic mass is 35.5. The number of benzene rings is 2. The third-order valence-corrected chi connectivity index (χ3v) is 7.61. The molecule has 2 aromatic rings. The molecule has 0 aromatic heterocycles. The van der Waals surface area contributed by atoms with Gasteiger partial charge in [-0.25, -0.2) is 18.6 Å². The zero-order valence-electron chi connectivity index (χ0n) is 19.7. The van der Waals surface area contributed by atoms with Crippen molar-refractivity contribution < 1.29 is 22.8 Å². The lowest BCUT2D eigenvalue weighted by Gasteiger charge is -2.49. The van der Waals surface area contributed by atoms with Crippen LogP contribution in [-0.2, 0) is 19.7 Å². The zero-order chi connectivity index (χ0) is 25.9. The van der Waals surface area contributed by atoms with Crippen molar-refractivity contribution in [3.05, 3.63) is 70.2 Å². The Morgan fingerprint density at radius 1 is 1.17 bits per heavy atom. The summed E-state index contributed by atoms with van der Waals surface area (Å²) in [6.45, 7) is -0.336. The number of fused-ring (bicyclic) bond motifs is 1. The molecule has 11 heteroatoms. The van der Waals surface area contributed by atoms with Gasteiger partial charge in [0.15, 0.2) is 6.61 Å². The Kier molecular flexibility index (Phi) is 7.95. The highest BCUT2D eigenvalue weighted by Crippen LogP contribution is 2.46.